The maximum atomic E-state index is 8.46. The summed E-state index contributed by atoms with van der Waals surface area (Å²) in [5, 5.41) is 8.46. The molecule has 0 aromatic heterocycles. The molecular formula is C8H19NO. The van der Waals surface area contributed by atoms with E-state index in [0.29, 0.717) is 12.6 Å². The van der Waals surface area contributed by atoms with Gasteiger partial charge in [0.1, 0.15) is 0 Å². The number of aliphatic hydroxyl groups excluding tert-OH is 1. The first-order valence-corrected chi connectivity index (χ1v) is 4.17. The van der Waals surface area contributed by atoms with Crippen LogP contribution in [0.2, 0.25) is 0 Å². The molecule has 0 saturated carbocycles. The molecule has 62 valence electrons. The van der Waals surface area contributed by atoms with Crippen molar-refractivity contribution in [3.63, 3.8) is 0 Å². The van der Waals surface area contributed by atoms with Crippen molar-refractivity contribution in [2.24, 2.45) is 5.73 Å². The predicted octanol–water partition coefficient (Wildman–Crippen LogP) is 1.28. The van der Waals surface area contributed by atoms with Crippen LogP contribution in [0.1, 0.15) is 39.0 Å². The van der Waals surface area contributed by atoms with Crippen LogP contribution in [0.4, 0.5) is 0 Å². The molecular weight excluding hydrogens is 126 g/mol. The highest BCUT2D eigenvalue weighted by atomic mass is 16.2. The summed E-state index contributed by atoms with van der Waals surface area (Å²) in [6, 6.07) is 0.374. The number of hydrogen-bond acceptors (Lipinski definition) is 2. The topological polar surface area (TPSA) is 46.2 Å². The van der Waals surface area contributed by atoms with Gasteiger partial charge in [-0.25, -0.2) is 0 Å². The first-order chi connectivity index (χ1) is 4.81. The highest BCUT2D eigenvalue weighted by Gasteiger charge is 1.96. The molecule has 1 atom stereocenters. The Morgan fingerprint density at radius 2 is 2.00 bits per heavy atom. The van der Waals surface area contributed by atoms with E-state index in [9.17, 15) is 0 Å². The van der Waals surface area contributed by atoms with Crippen LogP contribution in [0.3, 0.4) is 0 Å². The van der Waals surface area contributed by atoms with E-state index < -0.39 is 0 Å². The summed E-state index contributed by atoms with van der Waals surface area (Å²) in [5.41, 5.74) is 5.69. The zero-order valence-corrected chi connectivity index (χ0v) is 6.84. The molecule has 0 aliphatic rings. The molecule has 0 aromatic carbocycles. The molecule has 0 aromatic rings. The van der Waals surface area contributed by atoms with E-state index in [4.69, 9.17) is 10.8 Å². The zero-order valence-electron chi connectivity index (χ0n) is 6.84. The Hall–Kier alpha value is -0.0800. The van der Waals surface area contributed by atoms with Crippen LogP contribution in [-0.4, -0.2) is 17.8 Å². The van der Waals surface area contributed by atoms with E-state index in [2.05, 4.69) is 6.92 Å². The predicted molar refractivity (Wildman–Crippen MR) is 43.8 cm³/mol. The molecule has 0 aliphatic carbocycles. The minimum absolute atomic E-state index is 0.321. The van der Waals surface area contributed by atoms with Gasteiger partial charge in [0.05, 0.1) is 0 Å². The fraction of sp³-hybridized carbons (Fsp3) is 1.00. The standard InChI is InChI=1S/C8H19NO/c1-2-8(9)6-4-3-5-7-10/h8,10H,2-7,9H2,1H3. The molecule has 2 nitrogen and oxygen atoms in total. The number of rotatable bonds is 6. The molecule has 0 spiro atoms. The lowest BCUT2D eigenvalue weighted by molar-refractivity contribution is 0.281. The SMILES string of the molecule is CCC(N)CCCCCO. The quantitative estimate of drug-likeness (QED) is 0.553. The summed E-state index contributed by atoms with van der Waals surface area (Å²) in [4.78, 5) is 0. The number of aliphatic hydroxyl groups is 1. The van der Waals surface area contributed by atoms with Crippen LogP contribution in [0.5, 0.6) is 0 Å². The van der Waals surface area contributed by atoms with Crippen molar-refractivity contribution < 1.29 is 5.11 Å². The second-order valence-electron chi connectivity index (χ2n) is 2.74. The molecule has 2 heteroatoms. The zero-order chi connectivity index (χ0) is 7.82. The Kier molecular flexibility index (Phi) is 6.98. The summed E-state index contributed by atoms with van der Waals surface area (Å²) < 4.78 is 0. The van der Waals surface area contributed by atoms with Gasteiger partial charge in [0.2, 0.25) is 0 Å². The fourth-order valence-corrected chi connectivity index (χ4v) is 0.899. The van der Waals surface area contributed by atoms with Crippen LogP contribution in [0.25, 0.3) is 0 Å². The van der Waals surface area contributed by atoms with Crippen LogP contribution < -0.4 is 5.73 Å². The molecule has 0 heterocycles. The molecule has 0 amide bonds. The lowest BCUT2D eigenvalue weighted by Gasteiger charge is -2.06. The number of hydrogen-bond donors (Lipinski definition) is 2. The van der Waals surface area contributed by atoms with Gasteiger partial charge in [0, 0.05) is 12.6 Å². The molecule has 10 heavy (non-hydrogen) atoms. The lowest BCUT2D eigenvalue weighted by atomic mass is 10.1. The highest BCUT2D eigenvalue weighted by Crippen LogP contribution is 2.03. The van der Waals surface area contributed by atoms with Crippen LogP contribution in [0.15, 0.2) is 0 Å². The minimum Gasteiger partial charge on any atom is -0.396 e. The molecule has 0 radical (unpaired) electrons. The molecule has 0 aliphatic heterocycles. The summed E-state index contributed by atoms with van der Waals surface area (Å²) >= 11 is 0. The number of unbranched alkanes of at least 4 members (excludes halogenated alkanes) is 2. The maximum absolute atomic E-state index is 8.46. The van der Waals surface area contributed by atoms with Gasteiger partial charge in [0.15, 0.2) is 0 Å². The van der Waals surface area contributed by atoms with Crippen molar-refractivity contribution in [3.8, 4) is 0 Å². The Balaban J connectivity index is 2.89. The first-order valence-electron chi connectivity index (χ1n) is 4.17. The normalized spacial score (nSPS) is 13.5. The van der Waals surface area contributed by atoms with E-state index in [1.807, 2.05) is 0 Å². The van der Waals surface area contributed by atoms with Gasteiger partial charge in [-0.2, -0.15) is 0 Å². The average Bonchev–Trinajstić information content (AvgIpc) is 1.98. The van der Waals surface area contributed by atoms with Crippen LogP contribution in [-0.2, 0) is 0 Å². The van der Waals surface area contributed by atoms with Gasteiger partial charge in [-0.3, -0.25) is 0 Å². The molecule has 1 unspecified atom stereocenters. The number of nitrogens with two attached hydrogens (primary N) is 1. The second-order valence-corrected chi connectivity index (χ2v) is 2.74. The summed E-state index contributed by atoms with van der Waals surface area (Å²) in [5.74, 6) is 0. The Morgan fingerprint density at radius 3 is 2.50 bits per heavy atom. The summed E-state index contributed by atoms with van der Waals surface area (Å²) in [6.07, 6.45) is 5.38. The first kappa shape index (κ1) is 9.92. The van der Waals surface area contributed by atoms with Crippen LogP contribution in [0, 0.1) is 0 Å². The molecule has 0 saturated heterocycles. The summed E-state index contributed by atoms with van der Waals surface area (Å²) in [7, 11) is 0. The van der Waals surface area contributed by atoms with Crippen molar-refractivity contribution in [3.05, 3.63) is 0 Å². The van der Waals surface area contributed by atoms with Gasteiger partial charge in [-0.05, 0) is 19.3 Å². The highest BCUT2D eigenvalue weighted by molar-refractivity contribution is 4.57. The van der Waals surface area contributed by atoms with E-state index in [1.54, 1.807) is 0 Å². The van der Waals surface area contributed by atoms with Gasteiger partial charge < -0.3 is 10.8 Å². The van der Waals surface area contributed by atoms with E-state index >= 15 is 0 Å². The molecule has 0 fully saturated rings. The van der Waals surface area contributed by atoms with E-state index in [1.165, 1.54) is 0 Å². The fourth-order valence-electron chi connectivity index (χ4n) is 0.899. The largest absolute Gasteiger partial charge is 0.396 e. The monoisotopic (exact) mass is 145 g/mol. The Bertz CT molecular complexity index is 66.3. The third-order valence-corrected chi connectivity index (χ3v) is 1.76. The van der Waals surface area contributed by atoms with E-state index in [-0.39, 0.29) is 0 Å². The maximum Gasteiger partial charge on any atom is 0.0431 e. The van der Waals surface area contributed by atoms with Crippen LogP contribution >= 0.6 is 0 Å². The summed E-state index contributed by atoms with van der Waals surface area (Å²) in [6.45, 7) is 2.43. The van der Waals surface area contributed by atoms with Crippen molar-refractivity contribution in [2.45, 2.75) is 45.1 Å². The average molecular weight is 145 g/mol. The Labute approximate surface area is 63.4 Å². The van der Waals surface area contributed by atoms with Gasteiger partial charge in [0.25, 0.3) is 0 Å². The van der Waals surface area contributed by atoms with E-state index in [0.717, 1.165) is 32.1 Å². The van der Waals surface area contributed by atoms with Crippen molar-refractivity contribution in [1.82, 2.24) is 0 Å². The van der Waals surface area contributed by atoms with Crippen molar-refractivity contribution >= 4 is 0 Å². The Morgan fingerprint density at radius 1 is 1.30 bits per heavy atom. The lowest BCUT2D eigenvalue weighted by Crippen LogP contribution is -2.17. The van der Waals surface area contributed by atoms with Gasteiger partial charge in [-0.15, -0.1) is 0 Å². The smallest absolute Gasteiger partial charge is 0.0431 e. The van der Waals surface area contributed by atoms with Gasteiger partial charge in [-0.1, -0.05) is 19.8 Å². The minimum atomic E-state index is 0.321. The van der Waals surface area contributed by atoms with Crippen molar-refractivity contribution in [1.29, 1.82) is 0 Å². The molecule has 3 N–H and O–H groups in total. The molecule has 0 rings (SSSR count). The van der Waals surface area contributed by atoms with Gasteiger partial charge >= 0.3 is 0 Å². The third kappa shape index (κ3) is 6.05. The van der Waals surface area contributed by atoms with Crippen molar-refractivity contribution in [2.75, 3.05) is 6.61 Å². The second kappa shape index (κ2) is 7.03. The third-order valence-electron chi connectivity index (χ3n) is 1.76. The molecule has 0 bridgehead atoms.